The van der Waals surface area contributed by atoms with E-state index in [0.29, 0.717) is 25.4 Å². The summed E-state index contributed by atoms with van der Waals surface area (Å²) in [7, 11) is 0. The van der Waals surface area contributed by atoms with Gasteiger partial charge in [-0.3, -0.25) is 4.79 Å². The highest BCUT2D eigenvalue weighted by atomic mass is 16.5. The molecule has 2 aromatic rings. The van der Waals surface area contributed by atoms with Gasteiger partial charge in [0.15, 0.2) is 0 Å². The van der Waals surface area contributed by atoms with Gasteiger partial charge in [0.05, 0.1) is 13.2 Å². The third-order valence-electron chi connectivity index (χ3n) is 5.70. The maximum Gasteiger partial charge on any atom is 0.253 e. The molecule has 1 saturated heterocycles. The molecule has 0 aliphatic carbocycles. The van der Waals surface area contributed by atoms with E-state index >= 15 is 0 Å². The molecule has 0 spiro atoms. The number of carbonyl (C=O) groups is 1. The fourth-order valence-electron chi connectivity index (χ4n) is 3.86. The van der Waals surface area contributed by atoms with Crippen LogP contribution in [0.1, 0.15) is 47.3 Å². The summed E-state index contributed by atoms with van der Waals surface area (Å²) in [6, 6.07) is 12.1. The number of hydrogen-bond acceptors (Lipinski definition) is 4. The zero-order chi connectivity index (χ0) is 21.5. The highest BCUT2D eigenvalue weighted by Crippen LogP contribution is 2.25. The first-order valence-corrected chi connectivity index (χ1v) is 11.0. The molecule has 0 atom stereocenters. The van der Waals surface area contributed by atoms with Gasteiger partial charge < -0.3 is 19.3 Å². The molecule has 1 amide bonds. The van der Waals surface area contributed by atoms with Crippen molar-refractivity contribution in [2.24, 2.45) is 0 Å². The largest absolute Gasteiger partial charge is 0.494 e. The third-order valence-corrected chi connectivity index (χ3v) is 5.70. The molecular weight excluding hydrogens is 376 g/mol. The summed E-state index contributed by atoms with van der Waals surface area (Å²) in [5.74, 6) is 0.875. The maximum absolute atomic E-state index is 13.1. The molecule has 1 heterocycles. The molecule has 0 aromatic heterocycles. The van der Waals surface area contributed by atoms with Gasteiger partial charge in [0.2, 0.25) is 0 Å². The second kappa shape index (κ2) is 10.5. The average molecular weight is 411 g/mol. The zero-order valence-corrected chi connectivity index (χ0v) is 18.7. The second-order valence-corrected chi connectivity index (χ2v) is 7.81. The van der Waals surface area contributed by atoms with Crippen LogP contribution in [0.15, 0.2) is 36.4 Å². The Morgan fingerprint density at radius 1 is 1.03 bits per heavy atom. The predicted molar refractivity (Wildman–Crippen MR) is 122 cm³/mol. The van der Waals surface area contributed by atoms with Crippen LogP contribution in [0.3, 0.4) is 0 Å². The minimum atomic E-state index is 0.0791. The number of nitrogens with zero attached hydrogens (tertiary/aromatic N) is 2. The highest BCUT2D eigenvalue weighted by Gasteiger charge is 2.24. The number of piperazine rings is 1. The summed E-state index contributed by atoms with van der Waals surface area (Å²) in [6.07, 6.45) is 0.966. The lowest BCUT2D eigenvalue weighted by Crippen LogP contribution is -2.49. The van der Waals surface area contributed by atoms with E-state index in [0.717, 1.165) is 43.9 Å². The van der Waals surface area contributed by atoms with E-state index in [-0.39, 0.29) is 5.91 Å². The quantitative estimate of drug-likeness (QED) is 0.597. The zero-order valence-electron chi connectivity index (χ0n) is 18.7. The van der Waals surface area contributed by atoms with Crippen molar-refractivity contribution in [3.05, 3.63) is 58.7 Å². The smallest absolute Gasteiger partial charge is 0.253 e. The van der Waals surface area contributed by atoms with Gasteiger partial charge in [0, 0.05) is 49.6 Å². The van der Waals surface area contributed by atoms with Gasteiger partial charge in [-0.25, -0.2) is 0 Å². The Kier molecular flexibility index (Phi) is 7.75. The van der Waals surface area contributed by atoms with Gasteiger partial charge in [-0.05, 0) is 62.6 Å². The molecule has 1 aliphatic rings. The number of benzene rings is 2. The summed E-state index contributed by atoms with van der Waals surface area (Å²) >= 11 is 0. The topological polar surface area (TPSA) is 42.0 Å². The van der Waals surface area contributed by atoms with Gasteiger partial charge in [-0.2, -0.15) is 0 Å². The van der Waals surface area contributed by atoms with Crippen LogP contribution in [0.25, 0.3) is 0 Å². The number of hydrogen-bond donors (Lipinski definition) is 0. The molecule has 1 aliphatic heterocycles. The lowest BCUT2D eigenvalue weighted by molar-refractivity contribution is 0.0746. The predicted octanol–water partition coefficient (Wildman–Crippen LogP) is 4.59. The number of anilines is 1. The summed E-state index contributed by atoms with van der Waals surface area (Å²) in [4.78, 5) is 17.5. The molecule has 0 radical (unpaired) electrons. The normalized spacial score (nSPS) is 14.1. The van der Waals surface area contributed by atoms with Crippen molar-refractivity contribution < 1.29 is 14.3 Å². The van der Waals surface area contributed by atoms with Crippen LogP contribution in [0.2, 0.25) is 0 Å². The fourth-order valence-corrected chi connectivity index (χ4v) is 3.86. The van der Waals surface area contributed by atoms with Gasteiger partial charge in [0.1, 0.15) is 5.75 Å². The first-order valence-electron chi connectivity index (χ1n) is 11.0. The molecule has 5 heteroatoms. The average Bonchev–Trinajstić information content (AvgIpc) is 2.77. The Labute approximate surface area is 180 Å². The first kappa shape index (κ1) is 22.2. The van der Waals surface area contributed by atoms with E-state index in [4.69, 9.17) is 9.47 Å². The monoisotopic (exact) mass is 410 g/mol. The van der Waals surface area contributed by atoms with Gasteiger partial charge >= 0.3 is 0 Å². The number of ether oxygens (including phenoxy) is 2. The van der Waals surface area contributed by atoms with Crippen LogP contribution >= 0.6 is 0 Å². The number of rotatable bonds is 8. The molecule has 162 valence electrons. The Morgan fingerprint density at radius 2 is 1.80 bits per heavy atom. The minimum absolute atomic E-state index is 0.0791. The van der Waals surface area contributed by atoms with E-state index in [9.17, 15) is 4.79 Å². The Balaban J connectivity index is 1.68. The number of carbonyl (C=O) groups excluding carboxylic acids is 1. The first-order chi connectivity index (χ1) is 14.5. The van der Waals surface area contributed by atoms with Crippen LogP contribution in [-0.2, 0) is 11.3 Å². The van der Waals surface area contributed by atoms with Gasteiger partial charge in [-0.15, -0.1) is 0 Å². The van der Waals surface area contributed by atoms with Crippen molar-refractivity contribution in [1.29, 1.82) is 0 Å². The maximum atomic E-state index is 13.1. The van der Waals surface area contributed by atoms with E-state index < -0.39 is 0 Å². The standard InChI is InChI=1S/C25H34N2O3/c1-5-16-29-18-22-17-21(10-11-24(22)30-6-2)25(28)27-14-12-26(13-15-27)23-9-7-8-19(3)20(23)4/h7-11,17H,5-6,12-16,18H2,1-4H3. The molecule has 2 aromatic carbocycles. The molecular formula is C25H34N2O3. The van der Waals surface area contributed by atoms with Crippen molar-refractivity contribution in [3.8, 4) is 5.75 Å². The lowest BCUT2D eigenvalue weighted by Gasteiger charge is -2.37. The fraction of sp³-hybridized carbons (Fsp3) is 0.480. The third kappa shape index (κ3) is 5.14. The van der Waals surface area contributed by atoms with Crippen LogP contribution in [0.5, 0.6) is 5.75 Å². The molecule has 3 rings (SSSR count). The SMILES string of the molecule is CCCOCc1cc(C(=O)N2CCN(c3cccc(C)c3C)CC2)ccc1OCC. The van der Waals surface area contributed by atoms with Gasteiger partial charge in [0.25, 0.3) is 5.91 Å². The van der Waals surface area contributed by atoms with Crippen molar-refractivity contribution >= 4 is 11.6 Å². The van der Waals surface area contributed by atoms with Crippen molar-refractivity contribution in [2.75, 3.05) is 44.3 Å². The minimum Gasteiger partial charge on any atom is -0.494 e. The van der Waals surface area contributed by atoms with E-state index in [1.165, 1.54) is 16.8 Å². The van der Waals surface area contributed by atoms with Crippen LogP contribution < -0.4 is 9.64 Å². The van der Waals surface area contributed by atoms with E-state index in [1.807, 2.05) is 30.0 Å². The summed E-state index contributed by atoms with van der Waals surface area (Å²) in [6.45, 7) is 13.3. The van der Waals surface area contributed by atoms with Gasteiger partial charge in [-0.1, -0.05) is 19.1 Å². The summed E-state index contributed by atoms with van der Waals surface area (Å²) in [5, 5.41) is 0. The Hall–Kier alpha value is -2.53. The van der Waals surface area contributed by atoms with Crippen molar-refractivity contribution in [2.45, 2.75) is 40.7 Å². The van der Waals surface area contributed by atoms with Crippen molar-refractivity contribution in [3.63, 3.8) is 0 Å². The number of aryl methyl sites for hydroxylation is 1. The molecule has 0 bridgehead atoms. The molecule has 0 unspecified atom stereocenters. The molecule has 1 fully saturated rings. The highest BCUT2D eigenvalue weighted by molar-refractivity contribution is 5.94. The molecule has 30 heavy (non-hydrogen) atoms. The molecule has 0 N–H and O–H groups in total. The summed E-state index contributed by atoms with van der Waals surface area (Å²) in [5.41, 5.74) is 5.54. The lowest BCUT2D eigenvalue weighted by atomic mass is 10.1. The molecule has 5 nitrogen and oxygen atoms in total. The van der Waals surface area contributed by atoms with E-state index in [2.05, 4.69) is 43.9 Å². The summed E-state index contributed by atoms with van der Waals surface area (Å²) < 4.78 is 11.4. The van der Waals surface area contributed by atoms with E-state index in [1.54, 1.807) is 0 Å². The van der Waals surface area contributed by atoms with Crippen LogP contribution in [-0.4, -0.2) is 50.2 Å². The van der Waals surface area contributed by atoms with Crippen molar-refractivity contribution in [1.82, 2.24) is 4.90 Å². The molecule has 0 saturated carbocycles. The second-order valence-electron chi connectivity index (χ2n) is 7.81. The van der Waals surface area contributed by atoms with Crippen LogP contribution in [0, 0.1) is 13.8 Å². The Morgan fingerprint density at radius 3 is 2.50 bits per heavy atom. The Bertz CT molecular complexity index is 857. The number of amides is 1. The van der Waals surface area contributed by atoms with Crippen LogP contribution in [0.4, 0.5) is 5.69 Å².